The van der Waals surface area contributed by atoms with Crippen molar-refractivity contribution in [2.45, 2.75) is 19.1 Å². The number of benzene rings is 1. The zero-order valence-electron chi connectivity index (χ0n) is 12.3. The molecule has 0 radical (unpaired) electrons. The fourth-order valence-corrected chi connectivity index (χ4v) is 2.78. The van der Waals surface area contributed by atoms with Gasteiger partial charge in [0, 0.05) is 30.2 Å². The molecule has 3 N–H and O–H groups in total. The first-order valence-electron chi connectivity index (χ1n) is 7.13. The van der Waals surface area contributed by atoms with E-state index in [2.05, 4.69) is 0 Å². The number of piperidine rings is 1. The van der Waals surface area contributed by atoms with Crippen LogP contribution < -0.4 is 4.74 Å². The van der Waals surface area contributed by atoms with Crippen molar-refractivity contribution in [2.24, 2.45) is 5.92 Å². The number of aliphatic hydroxyl groups excluding tert-OH is 1. The zero-order chi connectivity index (χ0) is 17.0. The number of carboxylic acids is 2. The number of hydrogen-bond donors (Lipinski definition) is 3. The van der Waals surface area contributed by atoms with E-state index in [0.717, 1.165) is 0 Å². The number of halogens is 1. The molecular weight excluding hydrogens is 326 g/mol. The number of ether oxygens (including phenoxy) is 1. The van der Waals surface area contributed by atoms with Crippen molar-refractivity contribution in [1.29, 1.82) is 0 Å². The van der Waals surface area contributed by atoms with Crippen LogP contribution >= 0.6 is 11.6 Å². The molecule has 1 aromatic rings. The van der Waals surface area contributed by atoms with Crippen LogP contribution in [0.3, 0.4) is 0 Å². The number of hydrogen-bond acceptors (Lipinski definition) is 5. The lowest BCUT2D eigenvalue weighted by Gasteiger charge is -2.34. The Morgan fingerprint density at radius 1 is 1.35 bits per heavy atom. The molecule has 0 bridgehead atoms. The summed E-state index contributed by atoms with van der Waals surface area (Å²) in [4.78, 5) is 23.7. The lowest BCUT2D eigenvalue weighted by atomic mass is 9.94. The van der Waals surface area contributed by atoms with Gasteiger partial charge in [0.25, 0.3) is 0 Å². The van der Waals surface area contributed by atoms with E-state index in [-0.39, 0.29) is 6.54 Å². The molecule has 126 valence electrons. The van der Waals surface area contributed by atoms with Crippen molar-refractivity contribution in [3.63, 3.8) is 0 Å². The van der Waals surface area contributed by atoms with Crippen LogP contribution in [0.1, 0.15) is 12.0 Å². The number of nitrogens with zero attached hydrogens (tertiary/aromatic N) is 1. The number of likely N-dealkylation sites (tertiary alicyclic amines) is 1. The molecule has 1 aromatic carbocycles. The Kier molecular flexibility index (Phi) is 5.81. The fourth-order valence-electron chi connectivity index (χ4n) is 2.59. The first-order valence-corrected chi connectivity index (χ1v) is 7.51. The maximum atomic E-state index is 11.2. The average Bonchev–Trinajstić information content (AvgIpc) is 2.48. The first kappa shape index (κ1) is 17.5. The van der Waals surface area contributed by atoms with Crippen LogP contribution in [0.5, 0.6) is 5.75 Å². The molecule has 8 heteroatoms. The Labute approximate surface area is 138 Å². The topological polar surface area (TPSA) is 107 Å². The predicted molar refractivity (Wildman–Crippen MR) is 81.6 cm³/mol. The highest BCUT2D eigenvalue weighted by Gasteiger charge is 2.33. The van der Waals surface area contributed by atoms with Gasteiger partial charge in [-0.2, -0.15) is 0 Å². The molecule has 0 unspecified atom stereocenters. The van der Waals surface area contributed by atoms with Gasteiger partial charge in [-0.25, -0.2) is 4.79 Å². The Hall–Kier alpha value is -1.83. The molecule has 2 atom stereocenters. The van der Waals surface area contributed by atoms with Crippen molar-refractivity contribution in [3.8, 4) is 5.75 Å². The van der Waals surface area contributed by atoms with Crippen LogP contribution in [-0.2, 0) is 16.1 Å². The second-order valence-corrected chi connectivity index (χ2v) is 5.91. The number of aliphatic hydroxyl groups is 1. The Balaban J connectivity index is 2.10. The minimum absolute atomic E-state index is 0.210. The molecule has 0 aliphatic carbocycles. The van der Waals surface area contributed by atoms with Gasteiger partial charge in [-0.15, -0.1) is 0 Å². The third kappa shape index (κ3) is 4.82. The van der Waals surface area contributed by atoms with Gasteiger partial charge in [0.2, 0.25) is 0 Å². The van der Waals surface area contributed by atoms with E-state index in [1.54, 1.807) is 18.2 Å². The number of aliphatic carboxylic acids is 2. The van der Waals surface area contributed by atoms with Crippen molar-refractivity contribution in [1.82, 2.24) is 4.90 Å². The van der Waals surface area contributed by atoms with E-state index in [9.17, 15) is 14.7 Å². The second kappa shape index (κ2) is 7.63. The third-order valence-electron chi connectivity index (χ3n) is 3.75. The smallest absolute Gasteiger partial charge is 0.341 e. The van der Waals surface area contributed by atoms with Crippen LogP contribution in [0.25, 0.3) is 0 Å². The Morgan fingerprint density at radius 2 is 2.09 bits per heavy atom. The minimum atomic E-state index is -1.09. The normalized spacial score (nSPS) is 21.8. The van der Waals surface area contributed by atoms with Crippen molar-refractivity contribution >= 4 is 23.5 Å². The van der Waals surface area contributed by atoms with Crippen LogP contribution in [0.15, 0.2) is 18.2 Å². The van der Waals surface area contributed by atoms with Gasteiger partial charge in [0.05, 0.1) is 12.0 Å². The van der Waals surface area contributed by atoms with Crippen molar-refractivity contribution in [2.75, 3.05) is 19.7 Å². The molecule has 1 aliphatic heterocycles. The van der Waals surface area contributed by atoms with Gasteiger partial charge >= 0.3 is 11.9 Å². The maximum Gasteiger partial charge on any atom is 0.341 e. The number of carbonyl (C=O) groups is 2. The highest BCUT2D eigenvalue weighted by Crippen LogP contribution is 2.27. The maximum absolute atomic E-state index is 11.2. The van der Waals surface area contributed by atoms with Crippen molar-refractivity contribution in [3.05, 3.63) is 28.8 Å². The van der Waals surface area contributed by atoms with Gasteiger partial charge in [-0.3, -0.25) is 9.69 Å². The summed E-state index contributed by atoms with van der Waals surface area (Å²) in [7, 11) is 0. The van der Waals surface area contributed by atoms with Gasteiger partial charge in [0.1, 0.15) is 5.75 Å². The molecule has 2 rings (SSSR count). The lowest BCUT2D eigenvalue weighted by Crippen LogP contribution is -2.46. The standard InChI is InChI=1S/C15H18ClNO6/c16-10-1-2-13(23-8-14(19)20)9(5-10)6-17-4-3-12(18)11(7-17)15(21)22/h1-2,5,11-12,18H,3-4,6-8H2,(H,19,20)(H,21,22)/t11-,12+/m1/s1. The molecule has 0 amide bonds. The average molecular weight is 344 g/mol. The van der Waals surface area contributed by atoms with E-state index in [4.69, 9.17) is 26.6 Å². The monoisotopic (exact) mass is 343 g/mol. The van der Waals surface area contributed by atoms with E-state index in [1.807, 2.05) is 4.90 Å². The van der Waals surface area contributed by atoms with Gasteiger partial charge in [0.15, 0.2) is 6.61 Å². The SMILES string of the molecule is O=C(O)COc1ccc(Cl)cc1CN1CC[C@H](O)[C@H](C(=O)O)C1. The first-order chi connectivity index (χ1) is 10.9. The summed E-state index contributed by atoms with van der Waals surface area (Å²) < 4.78 is 5.24. The quantitative estimate of drug-likeness (QED) is 0.709. The molecule has 0 aromatic heterocycles. The summed E-state index contributed by atoms with van der Waals surface area (Å²) in [6, 6.07) is 4.86. The summed E-state index contributed by atoms with van der Waals surface area (Å²) in [5.41, 5.74) is 0.680. The van der Waals surface area contributed by atoms with Crippen LogP contribution in [-0.4, -0.2) is 58.0 Å². The molecule has 0 spiro atoms. The minimum Gasteiger partial charge on any atom is -0.482 e. The predicted octanol–water partition coefficient (Wildman–Crippen LogP) is 1.07. The molecular formula is C15H18ClNO6. The summed E-state index contributed by atoms with van der Waals surface area (Å²) >= 11 is 5.97. The molecule has 1 aliphatic rings. The van der Waals surface area contributed by atoms with Crippen molar-refractivity contribution < 1.29 is 29.6 Å². The second-order valence-electron chi connectivity index (χ2n) is 5.47. The third-order valence-corrected chi connectivity index (χ3v) is 3.98. The number of carboxylic acid groups (broad SMARTS) is 2. The van der Waals surface area contributed by atoms with Crippen LogP contribution in [0.2, 0.25) is 5.02 Å². The van der Waals surface area contributed by atoms with Crippen LogP contribution in [0, 0.1) is 5.92 Å². The molecule has 1 saturated heterocycles. The molecule has 1 heterocycles. The summed E-state index contributed by atoms with van der Waals surface area (Å²) in [5.74, 6) is -2.56. The largest absolute Gasteiger partial charge is 0.482 e. The summed E-state index contributed by atoms with van der Waals surface area (Å²) in [5, 5.41) is 28.1. The highest BCUT2D eigenvalue weighted by molar-refractivity contribution is 6.30. The summed E-state index contributed by atoms with van der Waals surface area (Å²) in [6.07, 6.45) is -0.492. The van der Waals surface area contributed by atoms with Gasteiger partial charge in [-0.1, -0.05) is 11.6 Å². The van der Waals surface area contributed by atoms with Gasteiger partial charge < -0.3 is 20.1 Å². The van der Waals surface area contributed by atoms with Crippen LogP contribution in [0.4, 0.5) is 0 Å². The van der Waals surface area contributed by atoms with E-state index in [0.29, 0.717) is 35.8 Å². The molecule has 1 fully saturated rings. The van der Waals surface area contributed by atoms with E-state index in [1.165, 1.54) is 0 Å². The Morgan fingerprint density at radius 3 is 2.74 bits per heavy atom. The lowest BCUT2D eigenvalue weighted by molar-refractivity contribution is -0.149. The molecule has 23 heavy (non-hydrogen) atoms. The molecule has 0 saturated carbocycles. The van der Waals surface area contributed by atoms with E-state index < -0.39 is 30.6 Å². The molecule has 7 nitrogen and oxygen atoms in total. The fraction of sp³-hybridized carbons (Fsp3) is 0.467. The highest BCUT2D eigenvalue weighted by atomic mass is 35.5. The van der Waals surface area contributed by atoms with E-state index >= 15 is 0 Å². The Bertz CT molecular complexity index is 593. The summed E-state index contributed by atoms with van der Waals surface area (Å²) in [6.45, 7) is 0.647. The van der Waals surface area contributed by atoms with Gasteiger partial charge in [-0.05, 0) is 24.6 Å². The zero-order valence-corrected chi connectivity index (χ0v) is 13.1. The number of rotatable bonds is 6.